The number of carbonyl (C=O) groups excluding carboxylic acids is 1. The topological polar surface area (TPSA) is 65.2 Å². The molecule has 0 fully saturated rings. The molecule has 92 valence electrons. The van der Waals surface area contributed by atoms with E-state index in [0.29, 0.717) is 11.3 Å². The summed E-state index contributed by atoms with van der Waals surface area (Å²) < 4.78 is 4.75. The van der Waals surface area contributed by atoms with Gasteiger partial charge in [0, 0.05) is 17.4 Å². The van der Waals surface area contributed by atoms with E-state index in [0.717, 1.165) is 16.8 Å². The number of hydrogen-bond acceptors (Lipinski definition) is 4. The number of pyridine rings is 1. The van der Waals surface area contributed by atoms with Gasteiger partial charge in [-0.05, 0) is 36.8 Å². The SMILES string of the molecule is COC(=O)c1cc(N)ccc1-c1ccc(C)cn1. The molecule has 0 saturated heterocycles. The van der Waals surface area contributed by atoms with Gasteiger partial charge in [0.2, 0.25) is 0 Å². The maximum Gasteiger partial charge on any atom is 0.338 e. The second kappa shape index (κ2) is 4.87. The lowest BCUT2D eigenvalue weighted by Gasteiger charge is -2.08. The van der Waals surface area contributed by atoms with Crippen molar-refractivity contribution in [1.82, 2.24) is 4.98 Å². The highest BCUT2D eigenvalue weighted by Crippen LogP contribution is 2.24. The van der Waals surface area contributed by atoms with Gasteiger partial charge in [-0.2, -0.15) is 0 Å². The molecule has 0 aliphatic carbocycles. The Balaban J connectivity index is 2.56. The van der Waals surface area contributed by atoms with E-state index < -0.39 is 5.97 Å². The molecule has 0 aliphatic heterocycles. The first-order valence-electron chi connectivity index (χ1n) is 5.52. The van der Waals surface area contributed by atoms with Gasteiger partial charge in [0.15, 0.2) is 0 Å². The number of nitrogens with two attached hydrogens (primary N) is 1. The Hall–Kier alpha value is -2.36. The fourth-order valence-electron chi connectivity index (χ4n) is 1.69. The van der Waals surface area contributed by atoms with E-state index in [-0.39, 0.29) is 0 Å². The minimum atomic E-state index is -0.417. The predicted molar refractivity (Wildman–Crippen MR) is 70.2 cm³/mol. The third kappa shape index (κ3) is 2.32. The quantitative estimate of drug-likeness (QED) is 0.648. The molecule has 1 aromatic carbocycles. The molecule has 18 heavy (non-hydrogen) atoms. The van der Waals surface area contributed by atoms with Gasteiger partial charge < -0.3 is 10.5 Å². The van der Waals surface area contributed by atoms with E-state index in [9.17, 15) is 4.79 Å². The molecular formula is C14H14N2O2. The zero-order valence-electron chi connectivity index (χ0n) is 10.3. The number of carbonyl (C=O) groups is 1. The Bertz CT molecular complexity index is 577. The molecule has 2 N–H and O–H groups in total. The number of anilines is 1. The van der Waals surface area contributed by atoms with E-state index in [2.05, 4.69) is 4.98 Å². The van der Waals surface area contributed by atoms with Crippen molar-refractivity contribution >= 4 is 11.7 Å². The molecule has 1 aromatic heterocycles. The standard InChI is InChI=1S/C14H14N2O2/c1-9-3-6-13(16-8-9)11-5-4-10(15)7-12(11)14(17)18-2/h3-8H,15H2,1-2H3. The number of esters is 1. The molecule has 2 aromatic rings. The molecule has 0 unspecified atom stereocenters. The molecule has 2 rings (SSSR count). The minimum Gasteiger partial charge on any atom is -0.465 e. The van der Waals surface area contributed by atoms with Crippen LogP contribution in [0.2, 0.25) is 0 Å². The maximum atomic E-state index is 11.7. The van der Waals surface area contributed by atoms with Crippen LogP contribution >= 0.6 is 0 Å². The second-order valence-corrected chi connectivity index (χ2v) is 4.02. The summed E-state index contributed by atoms with van der Waals surface area (Å²) in [4.78, 5) is 16.0. The molecule has 4 heteroatoms. The fourth-order valence-corrected chi connectivity index (χ4v) is 1.69. The number of hydrogen-bond donors (Lipinski definition) is 1. The molecule has 0 saturated carbocycles. The molecule has 1 heterocycles. The molecule has 0 spiro atoms. The normalized spacial score (nSPS) is 10.1. The van der Waals surface area contributed by atoms with Gasteiger partial charge in [-0.3, -0.25) is 4.98 Å². The van der Waals surface area contributed by atoms with Crippen molar-refractivity contribution in [3.8, 4) is 11.3 Å². The summed E-state index contributed by atoms with van der Waals surface area (Å²) in [5, 5.41) is 0. The van der Waals surface area contributed by atoms with Gasteiger partial charge in [0.1, 0.15) is 0 Å². The third-order valence-electron chi connectivity index (χ3n) is 2.64. The van der Waals surface area contributed by atoms with Crippen LogP contribution in [0.4, 0.5) is 5.69 Å². The second-order valence-electron chi connectivity index (χ2n) is 4.02. The van der Waals surface area contributed by atoms with Gasteiger partial charge in [0.25, 0.3) is 0 Å². The van der Waals surface area contributed by atoms with E-state index >= 15 is 0 Å². The predicted octanol–water partition coefficient (Wildman–Crippen LogP) is 2.43. The number of nitrogens with zero attached hydrogens (tertiary/aromatic N) is 1. The zero-order chi connectivity index (χ0) is 13.1. The summed E-state index contributed by atoms with van der Waals surface area (Å²) in [5.41, 5.74) is 9.14. The summed E-state index contributed by atoms with van der Waals surface area (Å²) in [6.45, 7) is 1.96. The molecule has 0 aliphatic rings. The van der Waals surface area contributed by atoms with Crippen molar-refractivity contribution in [1.29, 1.82) is 0 Å². The highest BCUT2D eigenvalue weighted by molar-refractivity contribution is 5.97. The smallest absolute Gasteiger partial charge is 0.338 e. The summed E-state index contributed by atoms with van der Waals surface area (Å²) in [6, 6.07) is 8.93. The molecule has 0 radical (unpaired) electrons. The number of aromatic nitrogens is 1. The lowest BCUT2D eigenvalue weighted by Crippen LogP contribution is -2.05. The van der Waals surface area contributed by atoms with Crippen LogP contribution < -0.4 is 5.73 Å². The summed E-state index contributed by atoms with van der Waals surface area (Å²) in [7, 11) is 1.35. The Morgan fingerprint density at radius 2 is 2.06 bits per heavy atom. The van der Waals surface area contributed by atoms with Gasteiger partial charge in [0.05, 0.1) is 18.4 Å². The van der Waals surface area contributed by atoms with E-state index in [4.69, 9.17) is 10.5 Å². The summed E-state index contributed by atoms with van der Waals surface area (Å²) in [5.74, 6) is -0.417. The lowest BCUT2D eigenvalue weighted by atomic mass is 10.0. The highest BCUT2D eigenvalue weighted by atomic mass is 16.5. The first-order chi connectivity index (χ1) is 8.61. The largest absolute Gasteiger partial charge is 0.465 e. The van der Waals surface area contributed by atoms with Crippen molar-refractivity contribution in [3.63, 3.8) is 0 Å². The van der Waals surface area contributed by atoms with Gasteiger partial charge in [-0.15, -0.1) is 0 Å². The number of nitrogen functional groups attached to an aromatic ring is 1. The van der Waals surface area contributed by atoms with Gasteiger partial charge in [-0.1, -0.05) is 6.07 Å². The Labute approximate surface area is 105 Å². The first kappa shape index (κ1) is 12.1. The van der Waals surface area contributed by atoms with E-state index in [1.807, 2.05) is 19.1 Å². The van der Waals surface area contributed by atoms with Crippen molar-refractivity contribution in [2.45, 2.75) is 6.92 Å². The molecular weight excluding hydrogens is 228 g/mol. The van der Waals surface area contributed by atoms with E-state index in [1.54, 1.807) is 24.4 Å². The fraction of sp³-hybridized carbons (Fsp3) is 0.143. The Morgan fingerprint density at radius 3 is 2.67 bits per heavy atom. The number of rotatable bonds is 2. The van der Waals surface area contributed by atoms with Crippen LogP contribution in [0, 0.1) is 6.92 Å². The number of aryl methyl sites for hydroxylation is 1. The van der Waals surface area contributed by atoms with Crippen LogP contribution in [0.15, 0.2) is 36.5 Å². The van der Waals surface area contributed by atoms with Gasteiger partial charge >= 0.3 is 5.97 Å². The molecule has 0 amide bonds. The van der Waals surface area contributed by atoms with Crippen LogP contribution in [-0.2, 0) is 4.74 Å². The lowest BCUT2D eigenvalue weighted by molar-refractivity contribution is 0.0601. The van der Waals surface area contributed by atoms with Crippen molar-refractivity contribution in [2.75, 3.05) is 12.8 Å². The number of ether oxygens (including phenoxy) is 1. The summed E-state index contributed by atoms with van der Waals surface area (Å²) >= 11 is 0. The first-order valence-corrected chi connectivity index (χ1v) is 5.52. The van der Waals surface area contributed by atoms with Gasteiger partial charge in [-0.25, -0.2) is 4.79 Å². The average molecular weight is 242 g/mol. The van der Waals surface area contributed by atoms with Crippen molar-refractivity contribution in [2.24, 2.45) is 0 Å². The monoisotopic (exact) mass is 242 g/mol. The average Bonchev–Trinajstić information content (AvgIpc) is 2.39. The van der Waals surface area contributed by atoms with Crippen LogP contribution in [-0.4, -0.2) is 18.1 Å². The maximum absolute atomic E-state index is 11.7. The highest BCUT2D eigenvalue weighted by Gasteiger charge is 2.14. The molecule has 4 nitrogen and oxygen atoms in total. The summed E-state index contributed by atoms with van der Waals surface area (Å²) in [6.07, 6.45) is 1.76. The zero-order valence-corrected chi connectivity index (χ0v) is 10.3. The Kier molecular flexibility index (Phi) is 3.28. The minimum absolute atomic E-state index is 0.417. The van der Waals surface area contributed by atoms with E-state index in [1.165, 1.54) is 7.11 Å². The van der Waals surface area contributed by atoms with Crippen molar-refractivity contribution < 1.29 is 9.53 Å². The Morgan fingerprint density at radius 1 is 1.28 bits per heavy atom. The molecule has 0 bridgehead atoms. The number of methoxy groups -OCH3 is 1. The van der Waals surface area contributed by atoms with Crippen molar-refractivity contribution in [3.05, 3.63) is 47.7 Å². The van der Waals surface area contributed by atoms with Crippen LogP contribution in [0.1, 0.15) is 15.9 Å². The third-order valence-corrected chi connectivity index (χ3v) is 2.64. The van der Waals surface area contributed by atoms with Crippen LogP contribution in [0.3, 0.4) is 0 Å². The number of benzene rings is 1. The molecule has 0 atom stereocenters. The van der Waals surface area contributed by atoms with Crippen LogP contribution in [0.25, 0.3) is 11.3 Å². The van der Waals surface area contributed by atoms with Crippen LogP contribution in [0.5, 0.6) is 0 Å².